The van der Waals surface area contributed by atoms with Crippen LogP contribution in [0.5, 0.6) is 0 Å². The molecule has 0 saturated carbocycles. The topological polar surface area (TPSA) is 0 Å². The van der Waals surface area contributed by atoms with Gasteiger partial charge in [0.25, 0.3) is 0 Å². The molecule has 0 amide bonds. The SMILES string of the molecule is FC(F)(F)C(CBr)c1cccc(I)c1. The molecule has 0 nitrogen and oxygen atoms in total. The van der Waals surface area contributed by atoms with Crippen molar-refractivity contribution in [3.05, 3.63) is 33.4 Å². The van der Waals surface area contributed by atoms with E-state index in [4.69, 9.17) is 0 Å². The van der Waals surface area contributed by atoms with Crippen LogP contribution in [-0.4, -0.2) is 11.5 Å². The Morgan fingerprint density at radius 2 is 2.00 bits per heavy atom. The third-order valence-corrected chi connectivity index (χ3v) is 3.12. The van der Waals surface area contributed by atoms with Crippen molar-refractivity contribution < 1.29 is 13.2 Å². The van der Waals surface area contributed by atoms with E-state index >= 15 is 0 Å². The molecule has 5 heteroatoms. The smallest absolute Gasteiger partial charge is 0.170 e. The number of rotatable bonds is 2. The normalized spacial score (nSPS) is 14.1. The second-order valence-electron chi connectivity index (χ2n) is 2.80. The average Bonchev–Trinajstić information content (AvgIpc) is 2.02. The van der Waals surface area contributed by atoms with Gasteiger partial charge in [-0.3, -0.25) is 0 Å². The minimum absolute atomic E-state index is 0.101. The molecule has 1 unspecified atom stereocenters. The molecule has 0 N–H and O–H groups in total. The van der Waals surface area contributed by atoms with Gasteiger partial charge in [0.2, 0.25) is 0 Å². The highest BCUT2D eigenvalue weighted by Gasteiger charge is 2.39. The van der Waals surface area contributed by atoms with Gasteiger partial charge in [0, 0.05) is 8.90 Å². The molecule has 1 atom stereocenters. The zero-order valence-electron chi connectivity index (χ0n) is 6.98. The Hall–Kier alpha value is 0.220. The molecule has 1 aromatic carbocycles. The lowest BCUT2D eigenvalue weighted by Crippen LogP contribution is -2.22. The van der Waals surface area contributed by atoms with Crippen LogP contribution in [0.4, 0.5) is 13.2 Å². The van der Waals surface area contributed by atoms with E-state index in [-0.39, 0.29) is 5.33 Å². The second-order valence-corrected chi connectivity index (χ2v) is 4.70. The third kappa shape index (κ3) is 3.12. The van der Waals surface area contributed by atoms with E-state index in [1.807, 2.05) is 22.6 Å². The Balaban J connectivity index is 3.01. The van der Waals surface area contributed by atoms with E-state index in [0.29, 0.717) is 5.56 Å². The van der Waals surface area contributed by atoms with Gasteiger partial charge in [-0.15, -0.1) is 0 Å². The predicted molar refractivity (Wildman–Crippen MR) is 61.7 cm³/mol. The van der Waals surface area contributed by atoms with Crippen LogP contribution in [0, 0.1) is 3.57 Å². The molecule has 1 rings (SSSR count). The first-order valence-electron chi connectivity index (χ1n) is 3.83. The van der Waals surface area contributed by atoms with E-state index in [2.05, 4.69) is 15.9 Å². The van der Waals surface area contributed by atoms with Gasteiger partial charge in [0.1, 0.15) is 0 Å². The van der Waals surface area contributed by atoms with Crippen LogP contribution in [0.15, 0.2) is 24.3 Å². The van der Waals surface area contributed by atoms with Crippen molar-refractivity contribution in [2.45, 2.75) is 12.1 Å². The number of benzene rings is 1. The highest BCUT2D eigenvalue weighted by atomic mass is 127. The summed E-state index contributed by atoms with van der Waals surface area (Å²) >= 11 is 4.89. The van der Waals surface area contributed by atoms with Crippen LogP contribution in [0.1, 0.15) is 11.5 Å². The van der Waals surface area contributed by atoms with Crippen molar-refractivity contribution in [3.63, 3.8) is 0 Å². The van der Waals surface area contributed by atoms with E-state index in [0.717, 1.165) is 3.57 Å². The number of hydrogen-bond acceptors (Lipinski definition) is 0. The highest BCUT2D eigenvalue weighted by molar-refractivity contribution is 14.1. The molecule has 1 aromatic rings. The molecule has 0 heterocycles. The van der Waals surface area contributed by atoms with Gasteiger partial charge in [0.05, 0.1) is 5.92 Å². The van der Waals surface area contributed by atoms with Gasteiger partial charge < -0.3 is 0 Å². The van der Waals surface area contributed by atoms with Crippen LogP contribution < -0.4 is 0 Å². The van der Waals surface area contributed by atoms with Crippen molar-refractivity contribution in [1.82, 2.24) is 0 Å². The first kappa shape index (κ1) is 12.3. The largest absolute Gasteiger partial charge is 0.396 e. The third-order valence-electron chi connectivity index (χ3n) is 1.80. The van der Waals surface area contributed by atoms with E-state index in [1.165, 1.54) is 6.07 Å². The summed E-state index contributed by atoms with van der Waals surface area (Å²) in [4.78, 5) is 0. The molecule has 0 bridgehead atoms. The van der Waals surface area contributed by atoms with Gasteiger partial charge in [0.15, 0.2) is 0 Å². The van der Waals surface area contributed by atoms with Crippen LogP contribution >= 0.6 is 38.5 Å². The molecule has 78 valence electrons. The molecule has 0 aromatic heterocycles. The van der Waals surface area contributed by atoms with Gasteiger partial charge >= 0.3 is 6.18 Å². The molecule has 0 saturated heterocycles. The van der Waals surface area contributed by atoms with Crippen molar-refractivity contribution >= 4 is 38.5 Å². The molecular weight excluding hydrogens is 372 g/mol. The Morgan fingerprint density at radius 1 is 1.36 bits per heavy atom. The van der Waals surface area contributed by atoms with Crippen LogP contribution in [0.25, 0.3) is 0 Å². The fourth-order valence-electron chi connectivity index (χ4n) is 1.09. The van der Waals surface area contributed by atoms with Gasteiger partial charge in [-0.2, -0.15) is 13.2 Å². The summed E-state index contributed by atoms with van der Waals surface area (Å²) in [5, 5.41) is -0.101. The van der Waals surface area contributed by atoms with Crippen LogP contribution in [0.3, 0.4) is 0 Å². The minimum Gasteiger partial charge on any atom is -0.170 e. The monoisotopic (exact) mass is 378 g/mol. The Bertz CT molecular complexity index is 311. The maximum atomic E-state index is 12.5. The summed E-state index contributed by atoms with van der Waals surface area (Å²) in [6.45, 7) is 0. The highest BCUT2D eigenvalue weighted by Crippen LogP contribution is 2.36. The quantitative estimate of drug-likeness (QED) is 0.530. The fourth-order valence-corrected chi connectivity index (χ4v) is 2.40. The molecule has 0 aliphatic heterocycles. The maximum absolute atomic E-state index is 12.5. The first-order chi connectivity index (χ1) is 6.45. The minimum atomic E-state index is -4.19. The molecule has 0 aliphatic carbocycles. The molecular formula is C9H7BrF3I. The lowest BCUT2D eigenvalue weighted by molar-refractivity contribution is -0.144. The summed E-state index contributed by atoms with van der Waals surface area (Å²) in [5.74, 6) is -1.42. The lowest BCUT2D eigenvalue weighted by Gasteiger charge is -2.18. The molecule has 0 aliphatic rings. The average molecular weight is 379 g/mol. The maximum Gasteiger partial charge on any atom is 0.396 e. The zero-order chi connectivity index (χ0) is 10.8. The second kappa shape index (κ2) is 4.83. The predicted octanol–water partition coefficient (Wildman–Crippen LogP) is 4.33. The standard InChI is InChI=1S/C9H7BrF3I/c10-5-8(9(11,12)13)6-2-1-3-7(14)4-6/h1-4,8H,5H2. The molecule has 0 radical (unpaired) electrons. The summed E-state index contributed by atoms with van der Waals surface area (Å²) in [7, 11) is 0. The van der Waals surface area contributed by atoms with Crippen LogP contribution in [0.2, 0.25) is 0 Å². The molecule has 0 fully saturated rings. The Labute approximate surface area is 102 Å². The Morgan fingerprint density at radius 3 is 2.43 bits per heavy atom. The van der Waals surface area contributed by atoms with Crippen LogP contribution in [-0.2, 0) is 0 Å². The fraction of sp³-hybridized carbons (Fsp3) is 0.333. The van der Waals surface area contributed by atoms with E-state index in [9.17, 15) is 13.2 Å². The van der Waals surface area contributed by atoms with Gasteiger partial charge in [-0.1, -0.05) is 28.1 Å². The number of alkyl halides is 4. The van der Waals surface area contributed by atoms with Crippen molar-refractivity contribution in [2.75, 3.05) is 5.33 Å². The zero-order valence-corrected chi connectivity index (χ0v) is 10.7. The first-order valence-corrected chi connectivity index (χ1v) is 6.03. The summed E-state index contributed by atoms with van der Waals surface area (Å²) in [6.07, 6.45) is -4.19. The lowest BCUT2D eigenvalue weighted by atomic mass is 10.0. The Kier molecular flexibility index (Phi) is 4.24. The van der Waals surface area contributed by atoms with Crippen molar-refractivity contribution in [2.24, 2.45) is 0 Å². The molecule has 0 spiro atoms. The summed E-state index contributed by atoms with van der Waals surface area (Å²) in [5.41, 5.74) is 0.307. The van der Waals surface area contributed by atoms with Gasteiger partial charge in [-0.25, -0.2) is 0 Å². The number of hydrogen-bond donors (Lipinski definition) is 0. The van der Waals surface area contributed by atoms with E-state index < -0.39 is 12.1 Å². The number of halogens is 5. The van der Waals surface area contributed by atoms with E-state index in [1.54, 1.807) is 18.2 Å². The van der Waals surface area contributed by atoms with Crippen molar-refractivity contribution in [1.29, 1.82) is 0 Å². The molecule has 14 heavy (non-hydrogen) atoms. The van der Waals surface area contributed by atoms with Gasteiger partial charge in [-0.05, 0) is 40.3 Å². The summed E-state index contributed by atoms with van der Waals surface area (Å²) in [6, 6.07) is 6.46. The van der Waals surface area contributed by atoms with Crippen molar-refractivity contribution in [3.8, 4) is 0 Å². The summed E-state index contributed by atoms with van der Waals surface area (Å²) < 4.78 is 38.3.